The Morgan fingerprint density at radius 3 is 2.56 bits per heavy atom. The third-order valence-corrected chi connectivity index (χ3v) is 3.46. The summed E-state index contributed by atoms with van der Waals surface area (Å²) in [5.74, 6) is -0.259. The maximum Gasteiger partial charge on any atom is 0.408 e. The monoisotopic (exact) mass is 350 g/mol. The van der Waals surface area contributed by atoms with Gasteiger partial charge in [-0.25, -0.2) is 4.79 Å². The Kier molecular flexibility index (Phi) is 8.41. The summed E-state index contributed by atoms with van der Waals surface area (Å²) in [6.45, 7) is 7.76. The van der Waals surface area contributed by atoms with Gasteiger partial charge in [-0.15, -0.1) is 0 Å². The quantitative estimate of drug-likeness (QED) is 0.629. The number of aryl methyl sites for hydroxylation is 1. The van der Waals surface area contributed by atoms with Crippen molar-refractivity contribution in [1.82, 2.24) is 10.6 Å². The van der Waals surface area contributed by atoms with E-state index in [1.165, 1.54) is 0 Å². The van der Waals surface area contributed by atoms with Gasteiger partial charge in [0, 0.05) is 13.2 Å². The van der Waals surface area contributed by atoms with Crippen LogP contribution < -0.4 is 10.6 Å². The van der Waals surface area contributed by atoms with E-state index in [0.717, 1.165) is 11.1 Å². The third-order valence-electron chi connectivity index (χ3n) is 3.46. The zero-order valence-electron chi connectivity index (χ0n) is 15.6. The smallest absolute Gasteiger partial charge is 0.408 e. The van der Waals surface area contributed by atoms with Gasteiger partial charge in [0.15, 0.2) is 0 Å². The average Bonchev–Trinajstić information content (AvgIpc) is 2.50. The van der Waals surface area contributed by atoms with Crippen LogP contribution in [-0.4, -0.2) is 35.4 Å². The molecule has 6 heteroatoms. The summed E-state index contributed by atoms with van der Waals surface area (Å²) in [5, 5.41) is 14.4. The zero-order chi connectivity index (χ0) is 18.9. The number of hydrogen-bond donors (Lipinski definition) is 3. The normalized spacial score (nSPS) is 12.4. The Morgan fingerprint density at radius 2 is 1.96 bits per heavy atom. The second-order valence-corrected chi connectivity index (χ2v) is 7.13. The fourth-order valence-electron chi connectivity index (χ4n) is 2.31. The van der Waals surface area contributed by atoms with Crippen LogP contribution in [0.15, 0.2) is 24.3 Å². The standard InChI is InChI=1S/C19H30N2O4/c1-14-8-7-9-15(12-14)13-20-17(23)16(10-5-6-11-22)21-18(24)25-19(2,3)4/h7-9,12,16,22H,5-6,10-11,13H2,1-4H3,(H,20,23)(H,21,24)/t16-/m0/s1. The fraction of sp³-hybridized carbons (Fsp3) is 0.579. The number of rotatable bonds is 8. The summed E-state index contributed by atoms with van der Waals surface area (Å²) in [4.78, 5) is 24.4. The highest BCUT2D eigenvalue weighted by atomic mass is 16.6. The summed E-state index contributed by atoms with van der Waals surface area (Å²) in [7, 11) is 0. The Bertz CT molecular complexity index is 567. The molecule has 1 aromatic carbocycles. The number of amides is 2. The number of carbonyl (C=O) groups excluding carboxylic acids is 2. The first kappa shape index (κ1) is 21.0. The molecule has 1 rings (SSSR count). The fourth-order valence-corrected chi connectivity index (χ4v) is 2.31. The second kappa shape index (κ2) is 10.0. The predicted molar refractivity (Wildman–Crippen MR) is 97.1 cm³/mol. The van der Waals surface area contributed by atoms with Crippen LogP contribution in [0, 0.1) is 6.92 Å². The van der Waals surface area contributed by atoms with E-state index in [2.05, 4.69) is 10.6 Å². The van der Waals surface area contributed by atoms with Crippen LogP contribution >= 0.6 is 0 Å². The molecule has 0 aliphatic rings. The van der Waals surface area contributed by atoms with Gasteiger partial charge in [0.1, 0.15) is 11.6 Å². The number of unbranched alkanes of at least 4 members (excludes halogenated alkanes) is 1. The van der Waals surface area contributed by atoms with Gasteiger partial charge in [-0.2, -0.15) is 0 Å². The van der Waals surface area contributed by atoms with Gasteiger partial charge < -0.3 is 20.5 Å². The van der Waals surface area contributed by atoms with Gasteiger partial charge in [-0.3, -0.25) is 4.79 Å². The summed E-state index contributed by atoms with van der Waals surface area (Å²) >= 11 is 0. The summed E-state index contributed by atoms with van der Waals surface area (Å²) in [6, 6.07) is 7.19. The minimum absolute atomic E-state index is 0.0596. The van der Waals surface area contributed by atoms with Crippen molar-refractivity contribution >= 4 is 12.0 Å². The van der Waals surface area contributed by atoms with E-state index in [1.54, 1.807) is 20.8 Å². The van der Waals surface area contributed by atoms with Crippen LogP contribution in [0.5, 0.6) is 0 Å². The number of carbonyl (C=O) groups is 2. The maximum atomic E-state index is 12.5. The molecule has 1 atom stereocenters. The van der Waals surface area contributed by atoms with Gasteiger partial charge in [0.2, 0.25) is 5.91 Å². The highest BCUT2D eigenvalue weighted by Gasteiger charge is 2.23. The SMILES string of the molecule is Cc1cccc(CNC(=O)[C@H](CCCCO)NC(=O)OC(C)(C)C)c1. The third kappa shape index (κ3) is 9.10. The average molecular weight is 350 g/mol. The molecule has 0 aliphatic carbocycles. The van der Waals surface area contributed by atoms with E-state index < -0.39 is 17.7 Å². The predicted octanol–water partition coefficient (Wildman–Crippen LogP) is 2.67. The number of aliphatic hydroxyl groups is 1. The summed E-state index contributed by atoms with van der Waals surface area (Å²) in [5.41, 5.74) is 1.50. The van der Waals surface area contributed by atoms with E-state index >= 15 is 0 Å². The lowest BCUT2D eigenvalue weighted by Gasteiger charge is -2.23. The maximum absolute atomic E-state index is 12.5. The van der Waals surface area contributed by atoms with Crippen molar-refractivity contribution in [3.8, 4) is 0 Å². The van der Waals surface area contributed by atoms with Crippen LogP contribution in [-0.2, 0) is 16.1 Å². The number of alkyl carbamates (subject to hydrolysis) is 1. The van der Waals surface area contributed by atoms with Crippen molar-refractivity contribution in [3.63, 3.8) is 0 Å². The molecular weight excluding hydrogens is 320 g/mol. The topological polar surface area (TPSA) is 87.7 Å². The molecule has 0 aliphatic heterocycles. The van der Waals surface area contributed by atoms with Gasteiger partial charge in [0.25, 0.3) is 0 Å². The molecule has 2 amide bonds. The number of benzene rings is 1. The van der Waals surface area contributed by atoms with Crippen LogP contribution in [0.2, 0.25) is 0 Å². The molecule has 0 unspecified atom stereocenters. The van der Waals surface area contributed by atoms with E-state index in [-0.39, 0.29) is 12.5 Å². The van der Waals surface area contributed by atoms with Crippen molar-refractivity contribution < 1.29 is 19.4 Å². The Balaban J connectivity index is 2.63. The second-order valence-electron chi connectivity index (χ2n) is 7.13. The largest absolute Gasteiger partial charge is 0.444 e. The summed E-state index contributed by atoms with van der Waals surface area (Å²) < 4.78 is 5.22. The summed E-state index contributed by atoms with van der Waals surface area (Å²) in [6.07, 6.45) is 1.04. The molecule has 0 spiro atoms. The van der Waals surface area contributed by atoms with Crippen molar-refractivity contribution in [1.29, 1.82) is 0 Å². The first-order valence-electron chi connectivity index (χ1n) is 8.65. The number of aliphatic hydroxyl groups excluding tert-OH is 1. The number of hydrogen-bond acceptors (Lipinski definition) is 4. The molecule has 1 aromatic rings. The number of ether oxygens (including phenoxy) is 1. The lowest BCUT2D eigenvalue weighted by molar-refractivity contribution is -0.123. The van der Waals surface area contributed by atoms with Gasteiger partial charge in [0.05, 0.1) is 0 Å². The van der Waals surface area contributed by atoms with Crippen molar-refractivity contribution in [3.05, 3.63) is 35.4 Å². The Morgan fingerprint density at radius 1 is 1.24 bits per heavy atom. The van der Waals surface area contributed by atoms with E-state index in [0.29, 0.717) is 25.8 Å². The highest BCUT2D eigenvalue weighted by Crippen LogP contribution is 2.09. The van der Waals surface area contributed by atoms with E-state index in [9.17, 15) is 9.59 Å². The van der Waals surface area contributed by atoms with Gasteiger partial charge in [-0.1, -0.05) is 29.8 Å². The molecule has 0 heterocycles. The van der Waals surface area contributed by atoms with Gasteiger partial charge >= 0.3 is 6.09 Å². The highest BCUT2D eigenvalue weighted by molar-refractivity contribution is 5.85. The van der Waals surface area contributed by atoms with Crippen molar-refractivity contribution in [2.45, 2.75) is 65.1 Å². The van der Waals surface area contributed by atoms with Crippen LogP contribution in [0.4, 0.5) is 4.79 Å². The van der Waals surface area contributed by atoms with Crippen LogP contribution in [0.1, 0.15) is 51.2 Å². The molecule has 140 valence electrons. The van der Waals surface area contributed by atoms with Crippen LogP contribution in [0.3, 0.4) is 0 Å². The van der Waals surface area contributed by atoms with Crippen LogP contribution in [0.25, 0.3) is 0 Å². The number of nitrogens with one attached hydrogen (secondary N) is 2. The van der Waals surface area contributed by atoms with Crippen molar-refractivity contribution in [2.24, 2.45) is 0 Å². The Labute approximate surface area is 150 Å². The minimum atomic E-state index is -0.689. The molecule has 0 aromatic heterocycles. The first-order chi connectivity index (χ1) is 11.7. The lowest BCUT2D eigenvalue weighted by atomic mass is 10.1. The molecule has 25 heavy (non-hydrogen) atoms. The Hall–Kier alpha value is -2.08. The van der Waals surface area contributed by atoms with Gasteiger partial charge in [-0.05, 0) is 52.5 Å². The molecular formula is C19H30N2O4. The van der Waals surface area contributed by atoms with E-state index in [1.807, 2.05) is 31.2 Å². The molecule has 3 N–H and O–H groups in total. The molecule has 0 bridgehead atoms. The van der Waals surface area contributed by atoms with E-state index in [4.69, 9.17) is 9.84 Å². The first-order valence-corrected chi connectivity index (χ1v) is 8.65. The van der Waals surface area contributed by atoms with Crippen molar-refractivity contribution in [2.75, 3.05) is 6.61 Å². The molecule has 0 fully saturated rings. The molecule has 0 saturated heterocycles. The molecule has 0 saturated carbocycles. The molecule has 0 radical (unpaired) electrons. The minimum Gasteiger partial charge on any atom is -0.444 e. The molecule has 6 nitrogen and oxygen atoms in total. The lowest BCUT2D eigenvalue weighted by Crippen LogP contribution is -2.48. The zero-order valence-corrected chi connectivity index (χ0v) is 15.6.